The van der Waals surface area contributed by atoms with Crippen LogP contribution in [0.5, 0.6) is 0 Å². The summed E-state index contributed by atoms with van der Waals surface area (Å²) in [6.07, 6.45) is 1.70. The van der Waals surface area contributed by atoms with Crippen LogP contribution in [0, 0.1) is 13.8 Å². The number of fused-ring (bicyclic) bond motifs is 1. The molecule has 5 heteroatoms. The van der Waals surface area contributed by atoms with E-state index < -0.39 is 0 Å². The SMILES string of the molecule is Cc1noc(C)c1Cn1ncc2ccccc2c1=O. The van der Waals surface area contributed by atoms with Crippen molar-refractivity contribution in [2.45, 2.75) is 20.4 Å². The summed E-state index contributed by atoms with van der Waals surface area (Å²) in [6.45, 7) is 4.07. The largest absolute Gasteiger partial charge is 0.361 e. The van der Waals surface area contributed by atoms with E-state index in [9.17, 15) is 4.79 Å². The summed E-state index contributed by atoms with van der Waals surface area (Å²) in [6, 6.07) is 7.43. The first kappa shape index (κ1) is 11.6. The molecule has 0 radical (unpaired) electrons. The lowest BCUT2D eigenvalue weighted by Crippen LogP contribution is -2.23. The first-order valence-corrected chi connectivity index (χ1v) is 6.03. The van der Waals surface area contributed by atoms with E-state index in [4.69, 9.17) is 4.52 Å². The van der Waals surface area contributed by atoms with Crippen LogP contribution in [-0.2, 0) is 6.54 Å². The standard InChI is InChI=1S/C14H13N3O2/c1-9-13(10(2)19-16-9)8-17-14(18)12-6-4-3-5-11(12)7-15-17/h3-7H,8H2,1-2H3. The van der Waals surface area contributed by atoms with Crippen LogP contribution in [0.3, 0.4) is 0 Å². The van der Waals surface area contributed by atoms with E-state index in [0.717, 1.165) is 22.4 Å². The van der Waals surface area contributed by atoms with Gasteiger partial charge < -0.3 is 4.52 Å². The third-order valence-electron chi connectivity index (χ3n) is 3.25. The molecule has 2 heterocycles. The van der Waals surface area contributed by atoms with Gasteiger partial charge in [0.1, 0.15) is 5.76 Å². The third-order valence-corrected chi connectivity index (χ3v) is 3.25. The van der Waals surface area contributed by atoms with Crippen molar-refractivity contribution in [2.24, 2.45) is 0 Å². The minimum absolute atomic E-state index is 0.0990. The highest BCUT2D eigenvalue weighted by molar-refractivity contribution is 5.80. The number of rotatable bonds is 2. The molecule has 0 spiro atoms. The van der Waals surface area contributed by atoms with Crippen molar-refractivity contribution >= 4 is 10.8 Å². The van der Waals surface area contributed by atoms with E-state index in [1.165, 1.54) is 4.68 Å². The van der Waals surface area contributed by atoms with Crippen molar-refractivity contribution in [3.63, 3.8) is 0 Å². The lowest BCUT2D eigenvalue weighted by Gasteiger charge is -2.05. The Morgan fingerprint density at radius 1 is 1.26 bits per heavy atom. The number of hydrogen-bond acceptors (Lipinski definition) is 4. The number of aryl methyl sites for hydroxylation is 2. The Bertz CT molecular complexity index is 782. The molecule has 0 aliphatic carbocycles. The fraction of sp³-hybridized carbons (Fsp3) is 0.214. The summed E-state index contributed by atoms with van der Waals surface area (Å²) >= 11 is 0. The summed E-state index contributed by atoms with van der Waals surface area (Å²) in [4.78, 5) is 12.3. The Hall–Kier alpha value is -2.43. The Morgan fingerprint density at radius 2 is 2.05 bits per heavy atom. The molecule has 0 amide bonds. The molecule has 5 nitrogen and oxygen atoms in total. The smallest absolute Gasteiger partial charge is 0.274 e. The molecule has 0 saturated carbocycles. The molecule has 0 aliphatic rings. The molecule has 1 aromatic carbocycles. The Kier molecular flexibility index (Phi) is 2.67. The van der Waals surface area contributed by atoms with Gasteiger partial charge in [-0.25, -0.2) is 4.68 Å². The minimum atomic E-state index is -0.0990. The average molecular weight is 255 g/mol. The van der Waals surface area contributed by atoms with Crippen molar-refractivity contribution in [1.82, 2.24) is 14.9 Å². The molecule has 0 bridgehead atoms. The lowest BCUT2D eigenvalue weighted by atomic mass is 10.2. The molecule has 19 heavy (non-hydrogen) atoms. The molecule has 3 aromatic rings. The Labute approximate surface area is 109 Å². The van der Waals surface area contributed by atoms with Crippen LogP contribution in [0.2, 0.25) is 0 Å². The number of nitrogens with zero attached hydrogens (tertiary/aromatic N) is 3. The first-order chi connectivity index (χ1) is 9.16. The third kappa shape index (κ3) is 1.93. The van der Waals surface area contributed by atoms with Crippen LogP contribution in [0.15, 0.2) is 39.8 Å². The van der Waals surface area contributed by atoms with Gasteiger partial charge in [-0.3, -0.25) is 4.79 Å². The van der Waals surface area contributed by atoms with Gasteiger partial charge in [0.05, 0.1) is 23.8 Å². The zero-order chi connectivity index (χ0) is 13.4. The molecule has 2 aromatic heterocycles. The van der Waals surface area contributed by atoms with Crippen LogP contribution in [0.25, 0.3) is 10.8 Å². The maximum Gasteiger partial charge on any atom is 0.274 e. The van der Waals surface area contributed by atoms with Crippen molar-refractivity contribution in [2.75, 3.05) is 0 Å². The van der Waals surface area contributed by atoms with Gasteiger partial charge in [0, 0.05) is 10.9 Å². The molecule has 0 fully saturated rings. The molecule has 0 atom stereocenters. The Balaban J connectivity index is 2.12. The van der Waals surface area contributed by atoms with Gasteiger partial charge in [-0.05, 0) is 19.9 Å². The van der Waals surface area contributed by atoms with Gasteiger partial charge in [0.15, 0.2) is 0 Å². The molecule has 0 N–H and O–H groups in total. The van der Waals surface area contributed by atoms with Crippen LogP contribution in [0.4, 0.5) is 0 Å². The van der Waals surface area contributed by atoms with E-state index in [-0.39, 0.29) is 5.56 Å². The fourth-order valence-electron chi connectivity index (χ4n) is 2.12. The summed E-state index contributed by atoms with van der Waals surface area (Å²) in [5.41, 5.74) is 1.60. The molecule has 0 unspecified atom stereocenters. The molecular weight excluding hydrogens is 242 g/mol. The summed E-state index contributed by atoms with van der Waals surface area (Å²) in [5.74, 6) is 0.722. The highest BCUT2D eigenvalue weighted by atomic mass is 16.5. The fourth-order valence-corrected chi connectivity index (χ4v) is 2.12. The number of aromatic nitrogens is 3. The topological polar surface area (TPSA) is 60.9 Å². The highest BCUT2D eigenvalue weighted by Crippen LogP contribution is 2.13. The van der Waals surface area contributed by atoms with Crippen LogP contribution in [-0.4, -0.2) is 14.9 Å². The second kappa shape index (κ2) is 4.35. The molecule has 0 saturated heterocycles. The zero-order valence-corrected chi connectivity index (χ0v) is 10.8. The first-order valence-electron chi connectivity index (χ1n) is 6.03. The zero-order valence-electron chi connectivity index (χ0n) is 10.8. The van der Waals surface area contributed by atoms with E-state index in [0.29, 0.717) is 11.9 Å². The quantitative estimate of drug-likeness (QED) is 0.703. The number of hydrogen-bond donors (Lipinski definition) is 0. The summed E-state index contributed by atoms with van der Waals surface area (Å²) < 4.78 is 6.54. The van der Waals surface area contributed by atoms with Crippen LogP contribution >= 0.6 is 0 Å². The monoisotopic (exact) mass is 255 g/mol. The van der Waals surface area contributed by atoms with Crippen LogP contribution in [0.1, 0.15) is 17.0 Å². The van der Waals surface area contributed by atoms with Gasteiger partial charge >= 0.3 is 0 Å². The van der Waals surface area contributed by atoms with Gasteiger partial charge in [-0.1, -0.05) is 23.4 Å². The summed E-state index contributed by atoms with van der Waals surface area (Å²) in [7, 11) is 0. The van der Waals surface area contributed by atoms with E-state index in [1.807, 2.05) is 38.1 Å². The van der Waals surface area contributed by atoms with Crippen molar-refractivity contribution < 1.29 is 4.52 Å². The van der Waals surface area contributed by atoms with Gasteiger partial charge in [0.2, 0.25) is 0 Å². The second-order valence-electron chi connectivity index (χ2n) is 4.50. The maximum atomic E-state index is 12.3. The van der Waals surface area contributed by atoms with E-state index in [2.05, 4.69) is 10.3 Å². The van der Waals surface area contributed by atoms with Crippen molar-refractivity contribution in [3.8, 4) is 0 Å². The normalized spacial score (nSPS) is 11.1. The summed E-state index contributed by atoms with van der Waals surface area (Å²) in [5, 5.41) is 9.60. The predicted octanol–water partition coefficient (Wildman–Crippen LogP) is 2.05. The van der Waals surface area contributed by atoms with Crippen molar-refractivity contribution in [1.29, 1.82) is 0 Å². The van der Waals surface area contributed by atoms with E-state index in [1.54, 1.807) is 6.20 Å². The molecular formula is C14H13N3O2. The van der Waals surface area contributed by atoms with E-state index >= 15 is 0 Å². The predicted molar refractivity (Wildman–Crippen MR) is 71.1 cm³/mol. The highest BCUT2D eigenvalue weighted by Gasteiger charge is 2.11. The second-order valence-corrected chi connectivity index (χ2v) is 4.50. The maximum absolute atomic E-state index is 12.3. The lowest BCUT2D eigenvalue weighted by molar-refractivity contribution is 0.391. The van der Waals surface area contributed by atoms with Gasteiger partial charge in [-0.2, -0.15) is 5.10 Å². The molecule has 96 valence electrons. The minimum Gasteiger partial charge on any atom is -0.361 e. The molecule has 3 rings (SSSR count). The van der Waals surface area contributed by atoms with Gasteiger partial charge in [-0.15, -0.1) is 0 Å². The average Bonchev–Trinajstić information content (AvgIpc) is 2.74. The Morgan fingerprint density at radius 3 is 2.79 bits per heavy atom. The van der Waals surface area contributed by atoms with Crippen molar-refractivity contribution in [3.05, 3.63) is 57.8 Å². The van der Waals surface area contributed by atoms with Gasteiger partial charge in [0.25, 0.3) is 5.56 Å². The molecule has 0 aliphatic heterocycles. The number of benzene rings is 1. The van der Waals surface area contributed by atoms with Crippen LogP contribution < -0.4 is 5.56 Å².